The average Bonchev–Trinajstić information content (AvgIpc) is 2.94. The summed E-state index contributed by atoms with van der Waals surface area (Å²) in [5, 5.41) is 13.3. The Morgan fingerprint density at radius 3 is 2.58 bits per heavy atom. The minimum atomic E-state index is 0.214. The molecule has 1 aromatic carbocycles. The van der Waals surface area contributed by atoms with Gasteiger partial charge >= 0.3 is 0 Å². The van der Waals surface area contributed by atoms with Gasteiger partial charge in [-0.3, -0.25) is 4.90 Å². The van der Waals surface area contributed by atoms with Crippen molar-refractivity contribution in [2.75, 3.05) is 19.7 Å². The summed E-state index contributed by atoms with van der Waals surface area (Å²) in [7, 11) is 0. The molecule has 4 heteroatoms. The average molecular weight is 259 g/mol. The minimum absolute atomic E-state index is 0.214. The van der Waals surface area contributed by atoms with Crippen molar-refractivity contribution in [3.8, 4) is 5.69 Å². The van der Waals surface area contributed by atoms with Crippen molar-refractivity contribution < 1.29 is 5.11 Å². The molecule has 2 aromatic rings. The minimum Gasteiger partial charge on any atom is -0.395 e. The lowest BCUT2D eigenvalue weighted by atomic mass is 10.2. The smallest absolute Gasteiger partial charge is 0.0645 e. The van der Waals surface area contributed by atoms with Gasteiger partial charge in [0.05, 0.1) is 12.3 Å². The Bertz CT molecular complexity index is 459. The first kappa shape index (κ1) is 13.8. The van der Waals surface area contributed by atoms with Gasteiger partial charge in [-0.1, -0.05) is 19.1 Å². The van der Waals surface area contributed by atoms with Crippen molar-refractivity contribution in [1.29, 1.82) is 0 Å². The molecule has 0 bridgehead atoms. The van der Waals surface area contributed by atoms with Crippen molar-refractivity contribution in [3.63, 3.8) is 0 Å². The molecule has 0 spiro atoms. The van der Waals surface area contributed by atoms with Crippen LogP contribution in [0, 0.1) is 0 Å². The van der Waals surface area contributed by atoms with Gasteiger partial charge in [0.25, 0.3) is 0 Å². The Morgan fingerprint density at radius 1 is 1.21 bits per heavy atom. The summed E-state index contributed by atoms with van der Waals surface area (Å²) in [5.74, 6) is 0. The summed E-state index contributed by atoms with van der Waals surface area (Å²) in [6, 6.07) is 10.3. The number of benzene rings is 1. The second-order valence-electron chi connectivity index (χ2n) is 4.62. The first-order valence-electron chi connectivity index (χ1n) is 6.75. The molecule has 0 amide bonds. The van der Waals surface area contributed by atoms with Crippen LogP contribution in [-0.2, 0) is 6.54 Å². The zero-order valence-corrected chi connectivity index (χ0v) is 11.4. The third-order valence-corrected chi connectivity index (χ3v) is 3.07. The lowest BCUT2D eigenvalue weighted by molar-refractivity contribution is 0.190. The largest absolute Gasteiger partial charge is 0.395 e. The van der Waals surface area contributed by atoms with E-state index in [1.807, 2.05) is 16.9 Å². The number of aliphatic hydroxyl groups is 1. The molecule has 1 aromatic heterocycles. The first-order chi connectivity index (χ1) is 9.33. The van der Waals surface area contributed by atoms with E-state index in [-0.39, 0.29) is 6.61 Å². The van der Waals surface area contributed by atoms with E-state index in [0.29, 0.717) is 0 Å². The van der Waals surface area contributed by atoms with Gasteiger partial charge in [0.2, 0.25) is 0 Å². The van der Waals surface area contributed by atoms with Crippen LogP contribution in [0.3, 0.4) is 0 Å². The molecule has 0 aliphatic heterocycles. The molecule has 0 fully saturated rings. The SMILES string of the molecule is CCCN(CCO)Cc1ccc(-n2cccn2)cc1. The fourth-order valence-electron chi connectivity index (χ4n) is 2.16. The van der Waals surface area contributed by atoms with Crippen LogP contribution in [0.1, 0.15) is 18.9 Å². The number of aliphatic hydroxyl groups excluding tert-OH is 1. The van der Waals surface area contributed by atoms with Crippen molar-refractivity contribution in [2.45, 2.75) is 19.9 Å². The summed E-state index contributed by atoms with van der Waals surface area (Å²) < 4.78 is 1.85. The van der Waals surface area contributed by atoms with Crippen molar-refractivity contribution in [1.82, 2.24) is 14.7 Å². The quantitative estimate of drug-likeness (QED) is 0.827. The van der Waals surface area contributed by atoms with E-state index >= 15 is 0 Å². The maximum absolute atomic E-state index is 9.06. The van der Waals surface area contributed by atoms with E-state index in [2.05, 4.69) is 41.2 Å². The van der Waals surface area contributed by atoms with Crippen LogP contribution < -0.4 is 0 Å². The molecule has 0 saturated heterocycles. The van der Waals surface area contributed by atoms with Crippen molar-refractivity contribution >= 4 is 0 Å². The lowest BCUT2D eigenvalue weighted by Crippen LogP contribution is -2.27. The van der Waals surface area contributed by atoms with Crippen molar-refractivity contribution in [2.24, 2.45) is 0 Å². The molecule has 1 heterocycles. The highest BCUT2D eigenvalue weighted by Crippen LogP contribution is 2.10. The fraction of sp³-hybridized carbons (Fsp3) is 0.400. The van der Waals surface area contributed by atoms with E-state index in [4.69, 9.17) is 5.11 Å². The summed E-state index contributed by atoms with van der Waals surface area (Å²) in [6.45, 7) is 5.00. The van der Waals surface area contributed by atoms with E-state index in [1.165, 1.54) is 5.56 Å². The number of nitrogens with zero attached hydrogens (tertiary/aromatic N) is 3. The maximum Gasteiger partial charge on any atom is 0.0645 e. The Balaban J connectivity index is 2.01. The van der Waals surface area contributed by atoms with Gasteiger partial charge in [0.15, 0.2) is 0 Å². The Morgan fingerprint density at radius 2 is 2.00 bits per heavy atom. The molecule has 0 saturated carbocycles. The van der Waals surface area contributed by atoms with Crippen LogP contribution in [0.4, 0.5) is 0 Å². The van der Waals surface area contributed by atoms with Gasteiger partial charge in [-0.15, -0.1) is 0 Å². The first-order valence-corrected chi connectivity index (χ1v) is 6.75. The molecule has 102 valence electrons. The van der Waals surface area contributed by atoms with Gasteiger partial charge in [0.1, 0.15) is 0 Å². The highest BCUT2D eigenvalue weighted by atomic mass is 16.3. The Kier molecular flexibility index (Phi) is 5.12. The number of hydrogen-bond acceptors (Lipinski definition) is 3. The van der Waals surface area contributed by atoms with Gasteiger partial charge in [0, 0.05) is 25.5 Å². The predicted molar refractivity (Wildman–Crippen MR) is 76.2 cm³/mol. The molecular weight excluding hydrogens is 238 g/mol. The molecule has 1 N–H and O–H groups in total. The third kappa shape index (κ3) is 3.91. The summed E-state index contributed by atoms with van der Waals surface area (Å²) in [6.07, 6.45) is 4.81. The van der Waals surface area contributed by atoms with Crippen LogP contribution in [-0.4, -0.2) is 39.5 Å². The van der Waals surface area contributed by atoms with E-state index in [0.717, 1.165) is 31.7 Å². The molecular formula is C15H21N3O. The topological polar surface area (TPSA) is 41.3 Å². The third-order valence-electron chi connectivity index (χ3n) is 3.07. The van der Waals surface area contributed by atoms with E-state index in [1.54, 1.807) is 6.20 Å². The van der Waals surface area contributed by atoms with E-state index < -0.39 is 0 Å². The van der Waals surface area contributed by atoms with E-state index in [9.17, 15) is 0 Å². The monoisotopic (exact) mass is 259 g/mol. The van der Waals surface area contributed by atoms with Crippen LogP contribution in [0.15, 0.2) is 42.7 Å². The Hall–Kier alpha value is -1.65. The number of hydrogen-bond donors (Lipinski definition) is 1. The van der Waals surface area contributed by atoms with Gasteiger partial charge in [-0.25, -0.2) is 4.68 Å². The number of rotatable bonds is 7. The van der Waals surface area contributed by atoms with Crippen LogP contribution >= 0.6 is 0 Å². The summed E-state index contributed by atoms with van der Waals surface area (Å²) in [5.41, 5.74) is 2.33. The molecule has 0 radical (unpaired) electrons. The molecule has 4 nitrogen and oxygen atoms in total. The zero-order chi connectivity index (χ0) is 13.5. The van der Waals surface area contributed by atoms with Gasteiger partial charge in [-0.2, -0.15) is 5.10 Å². The zero-order valence-electron chi connectivity index (χ0n) is 11.4. The van der Waals surface area contributed by atoms with Crippen LogP contribution in [0.25, 0.3) is 5.69 Å². The standard InChI is InChI=1S/C15H21N3O/c1-2-9-17(11-12-19)13-14-4-6-15(7-5-14)18-10-3-8-16-18/h3-8,10,19H,2,9,11-13H2,1H3. The normalized spacial score (nSPS) is 11.1. The van der Waals surface area contributed by atoms with Crippen LogP contribution in [0.2, 0.25) is 0 Å². The van der Waals surface area contributed by atoms with Crippen LogP contribution in [0.5, 0.6) is 0 Å². The van der Waals surface area contributed by atoms with Gasteiger partial charge in [-0.05, 0) is 36.7 Å². The number of aromatic nitrogens is 2. The Labute approximate surface area is 114 Å². The predicted octanol–water partition coefficient (Wildman–Crippen LogP) is 2.08. The molecule has 0 unspecified atom stereocenters. The highest BCUT2D eigenvalue weighted by Gasteiger charge is 2.04. The lowest BCUT2D eigenvalue weighted by Gasteiger charge is -2.20. The van der Waals surface area contributed by atoms with Crippen molar-refractivity contribution in [3.05, 3.63) is 48.3 Å². The second kappa shape index (κ2) is 7.07. The summed E-state index contributed by atoms with van der Waals surface area (Å²) >= 11 is 0. The second-order valence-corrected chi connectivity index (χ2v) is 4.62. The van der Waals surface area contributed by atoms with Gasteiger partial charge < -0.3 is 5.11 Å². The highest BCUT2D eigenvalue weighted by molar-refractivity contribution is 5.33. The maximum atomic E-state index is 9.06. The molecule has 0 aliphatic rings. The molecule has 0 aliphatic carbocycles. The molecule has 0 atom stereocenters. The molecule has 19 heavy (non-hydrogen) atoms. The fourth-order valence-corrected chi connectivity index (χ4v) is 2.16. The molecule has 2 rings (SSSR count). The summed E-state index contributed by atoms with van der Waals surface area (Å²) in [4.78, 5) is 2.27.